The summed E-state index contributed by atoms with van der Waals surface area (Å²) in [7, 11) is 1.61. The van der Waals surface area contributed by atoms with Gasteiger partial charge < -0.3 is 20.1 Å². The van der Waals surface area contributed by atoms with E-state index in [2.05, 4.69) is 5.32 Å². The number of carbonyl (C=O) groups excluding carboxylic acids is 1. The zero-order valence-electron chi connectivity index (χ0n) is 9.44. The lowest BCUT2D eigenvalue weighted by Crippen LogP contribution is -2.51. The third-order valence-electron chi connectivity index (χ3n) is 2.55. The molecule has 1 atom stereocenters. The Labute approximate surface area is 94.6 Å². The first-order valence-electron chi connectivity index (χ1n) is 5.37. The minimum Gasteiger partial charge on any atom is -0.481 e. The number of ether oxygens (including phenoxy) is 1. The van der Waals surface area contributed by atoms with Gasteiger partial charge in [-0.05, 0) is 6.42 Å². The predicted octanol–water partition coefficient (Wildman–Crippen LogP) is 0.139. The highest BCUT2D eigenvalue weighted by molar-refractivity contribution is 5.75. The maximum atomic E-state index is 11.4. The maximum Gasteiger partial charge on any atom is 0.317 e. The molecule has 0 aromatic carbocycles. The third kappa shape index (κ3) is 4.06. The van der Waals surface area contributed by atoms with Crippen LogP contribution in [-0.2, 0) is 9.53 Å². The molecule has 0 radical (unpaired) electrons. The van der Waals surface area contributed by atoms with Crippen molar-refractivity contribution in [3.8, 4) is 0 Å². The summed E-state index contributed by atoms with van der Waals surface area (Å²) < 4.78 is 4.91. The standard InChI is InChI=1S/C10H18N2O4/c1-16-4-2-3-12-7-8(5-9(13)14)6-11-10(12)15/h8H,2-7H2,1H3,(H,11,15)(H,13,14). The fourth-order valence-corrected chi connectivity index (χ4v) is 1.78. The van der Waals surface area contributed by atoms with E-state index in [1.54, 1.807) is 12.0 Å². The molecule has 2 N–H and O–H groups in total. The Hall–Kier alpha value is -1.30. The number of methoxy groups -OCH3 is 1. The summed E-state index contributed by atoms with van der Waals surface area (Å²) in [6.45, 7) is 2.18. The number of urea groups is 1. The number of hydrogen-bond donors (Lipinski definition) is 2. The van der Waals surface area contributed by atoms with E-state index in [0.717, 1.165) is 6.42 Å². The summed E-state index contributed by atoms with van der Waals surface area (Å²) in [4.78, 5) is 23.7. The highest BCUT2D eigenvalue weighted by Crippen LogP contribution is 2.11. The molecule has 0 aromatic heterocycles. The van der Waals surface area contributed by atoms with Gasteiger partial charge >= 0.3 is 12.0 Å². The highest BCUT2D eigenvalue weighted by Gasteiger charge is 2.26. The topological polar surface area (TPSA) is 78.9 Å². The van der Waals surface area contributed by atoms with Crippen molar-refractivity contribution < 1.29 is 19.4 Å². The van der Waals surface area contributed by atoms with Crippen molar-refractivity contribution in [2.75, 3.05) is 33.4 Å². The fourth-order valence-electron chi connectivity index (χ4n) is 1.78. The molecule has 6 heteroatoms. The summed E-state index contributed by atoms with van der Waals surface area (Å²) in [5.74, 6) is -0.823. The maximum absolute atomic E-state index is 11.4. The van der Waals surface area contributed by atoms with Crippen LogP contribution in [0.3, 0.4) is 0 Å². The second kappa shape index (κ2) is 6.32. The Morgan fingerprint density at radius 1 is 1.69 bits per heavy atom. The highest BCUT2D eigenvalue weighted by atomic mass is 16.5. The van der Waals surface area contributed by atoms with Crippen molar-refractivity contribution in [3.05, 3.63) is 0 Å². The van der Waals surface area contributed by atoms with E-state index in [4.69, 9.17) is 9.84 Å². The van der Waals surface area contributed by atoms with Crippen LogP contribution in [0.5, 0.6) is 0 Å². The molecule has 1 unspecified atom stereocenters. The van der Waals surface area contributed by atoms with Gasteiger partial charge in [-0.25, -0.2) is 4.79 Å². The Morgan fingerprint density at radius 2 is 2.44 bits per heavy atom. The first kappa shape index (κ1) is 12.8. The molecule has 0 aromatic rings. The van der Waals surface area contributed by atoms with Crippen LogP contribution < -0.4 is 5.32 Å². The van der Waals surface area contributed by atoms with E-state index < -0.39 is 5.97 Å². The zero-order valence-corrected chi connectivity index (χ0v) is 9.44. The van der Waals surface area contributed by atoms with E-state index in [1.165, 1.54) is 0 Å². The van der Waals surface area contributed by atoms with E-state index >= 15 is 0 Å². The number of carboxylic acid groups (broad SMARTS) is 1. The molecule has 16 heavy (non-hydrogen) atoms. The van der Waals surface area contributed by atoms with Crippen molar-refractivity contribution >= 4 is 12.0 Å². The van der Waals surface area contributed by atoms with Gasteiger partial charge in [0.2, 0.25) is 0 Å². The van der Waals surface area contributed by atoms with Crippen LogP contribution in [0.2, 0.25) is 0 Å². The van der Waals surface area contributed by atoms with Gasteiger partial charge in [-0.1, -0.05) is 0 Å². The van der Waals surface area contributed by atoms with E-state index in [-0.39, 0.29) is 18.4 Å². The van der Waals surface area contributed by atoms with Crippen LogP contribution in [0.15, 0.2) is 0 Å². The fraction of sp³-hybridized carbons (Fsp3) is 0.800. The molecule has 6 nitrogen and oxygen atoms in total. The molecule has 1 aliphatic rings. The molecule has 0 bridgehead atoms. The smallest absolute Gasteiger partial charge is 0.317 e. The number of rotatable bonds is 6. The van der Waals surface area contributed by atoms with Gasteiger partial charge in [-0.2, -0.15) is 0 Å². The molecule has 2 amide bonds. The van der Waals surface area contributed by atoms with E-state index in [9.17, 15) is 9.59 Å². The van der Waals surface area contributed by atoms with Gasteiger partial charge in [-0.15, -0.1) is 0 Å². The molecule has 0 spiro atoms. The molecule has 1 heterocycles. The Morgan fingerprint density at radius 3 is 3.06 bits per heavy atom. The predicted molar refractivity (Wildman–Crippen MR) is 57.2 cm³/mol. The van der Waals surface area contributed by atoms with Gasteiger partial charge in [0, 0.05) is 39.3 Å². The van der Waals surface area contributed by atoms with Gasteiger partial charge in [0.05, 0.1) is 6.42 Å². The van der Waals surface area contributed by atoms with Crippen molar-refractivity contribution in [3.63, 3.8) is 0 Å². The van der Waals surface area contributed by atoms with Crippen molar-refractivity contribution in [2.45, 2.75) is 12.8 Å². The zero-order chi connectivity index (χ0) is 12.0. The van der Waals surface area contributed by atoms with Crippen LogP contribution in [-0.4, -0.2) is 55.4 Å². The Balaban J connectivity index is 2.36. The summed E-state index contributed by atoms with van der Waals surface area (Å²) in [6.07, 6.45) is 0.866. The molecular weight excluding hydrogens is 212 g/mol. The third-order valence-corrected chi connectivity index (χ3v) is 2.55. The van der Waals surface area contributed by atoms with Crippen LogP contribution in [0.1, 0.15) is 12.8 Å². The Bertz CT molecular complexity index is 257. The lowest BCUT2D eigenvalue weighted by Gasteiger charge is -2.32. The number of carboxylic acids is 1. The van der Waals surface area contributed by atoms with Crippen LogP contribution in [0, 0.1) is 5.92 Å². The van der Waals surface area contributed by atoms with E-state index in [0.29, 0.717) is 26.2 Å². The van der Waals surface area contributed by atoms with Gasteiger partial charge in [0.15, 0.2) is 0 Å². The molecule has 0 saturated carbocycles. The molecule has 0 aliphatic carbocycles. The number of aliphatic carboxylic acids is 1. The number of hydrogen-bond acceptors (Lipinski definition) is 3. The monoisotopic (exact) mass is 230 g/mol. The van der Waals surface area contributed by atoms with Gasteiger partial charge in [0.1, 0.15) is 0 Å². The summed E-state index contributed by atoms with van der Waals surface area (Å²) >= 11 is 0. The average Bonchev–Trinajstić information content (AvgIpc) is 2.22. The summed E-state index contributed by atoms with van der Waals surface area (Å²) in [5, 5.41) is 11.4. The quantitative estimate of drug-likeness (QED) is 0.636. The molecule has 1 fully saturated rings. The number of amides is 2. The number of nitrogens with one attached hydrogen (secondary N) is 1. The SMILES string of the molecule is COCCCN1CC(CC(=O)O)CNC1=O. The molecule has 1 saturated heterocycles. The van der Waals surface area contributed by atoms with Crippen molar-refractivity contribution in [1.29, 1.82) is 0 Å². The van der Waals surface area contributed by atoms with Crippen LogP contribution in [0.25, 0.3) is 0 Å². The molecule has 92 valence electrons. The summed E-state index contributed by atoms with van der Waals surface area (Å²) in [5.41, 5.74) is 0. The first-order valence-corrected chi connectivity index (χ1v) is 5.37. The summed E-state index contributed by atoms with van der Waals surface area (Å²) in [6, 6.07) is -0.113. The average molecular weight is 230 g/mol. The Kier molecular flexibility index (Phi) is 5.04. The largest absolute Gasteiger partial charge is 0.481 e. The molecule has 1 aliphatic heterocycles. The van der Waals surface area contributed by atoms with E-state index in [1.807, 2.05) is 0 Å². The minimum absolute atomic E-state index is 0.00209. The van der Waals surface area contributed by atoms with Gasteiger partial charge in [0.25, 0.3) is 0 Å². The lowest BCUT2D eigenvalue weighted by atomic mass is 10.0. The van der Waals surface area contributed by atoms with Crippen LogP contribution >= 0.6 is 0 Å². The van der Waals surface area contributed by atoms with Crippen LogP contribution in [0.4, 0.5) is 4.79 Å². The van der Waals surface area contributed by atoms with Gasteiger partial charge in [-0.3, -0.25) is 4.79 Å². The normalized spacial score (nSPS) is 20.7. The van der Waals surface area contributed by atoms with Crippen molar-refractivity contribution in [1.82, 2.24) is 10.2 Å². The number of carbonyl (C=O) groups is 2. The second-order valence-electron chi connectivity index (χ2n) is 3.94. The van der Waals surface area contributed by atoms with Crippen molar-refractivity contribution in [2.24, 2.45) is 5.92 Å². The lowest BCUT2D eigenvalue weighted by molar-refractivity contribution is -0.138. The molecule has 1 rings (SSSR count). The second-order valence-corrected chi connectivity index (χ2v) is 3.94. The first-order chi connectivity index (χ1) is 7.63. The number of nitrogens with zero attached hydrogens (tertiary/aromatic N) is 1. The minimum atomic E-state index is -0.821. The molecular formula is C10H18N2O4.